The largest absolute Gasteiger partial charge is 0.495 e. The van der Waals surface area contributed by atoms with Gasteiger partial charge in [-0.1, -0.05) is 23.7 Å². The zero-order valence-electron chi connectivity index (χ0n) is 15.3. The highest BCUT2D eigenvalue weighted by atomic mass is 35.5. The van der Waals surface area contributed by atoms with E-state index in [-0.39, 0.29) is 21.4 Å². The summed E-state index contributed by atoms with van der Waals surface area (Å²) in [7, 11) is -5.81. The van der Waals surface area contributed by atoms with Crippen LogP contribution in [0.4, 0.5) is 0 Å². The van der Waals surface area contributed by atoms with E-state index in [0.29, 0.717) is 24.4 Å². The van der Waals surface area contributed by atoms with Crippen molar-refractivity contribution in [3.8, 4) is 5.75 Å². The minimum atomic E-state index is -3.77. The third-order valence-corrected chi connectivity index (χ3v) is 8.13. The third kappa shape index (κ3) is 4.49. The van der Waals surface area contributed by atoms with E-state index in [1.807, 2.05) is 0 Å². The minimum Gasteiger partial charge on any atom is -0.495 e. The SMILES string of the molecule is COc1ccc(S(=O)(=O)NCc2ccc(S(=O)(=O)N3CCCC3)cc2)cc1Cl. The minimum absolute atomic E-state index is 0.0199. The van der Waals surface area contributed by atoms with Gasteiger partial charge in [-0.25, -0.2) is 21.6 Å². The monoisotopic (exact) mass is 444 g/mol. The normalized spacial score (nSPS) is 15.6. The molecule has 10 heteroatoms. The fraction of sp³-hybridized carbons (Fsp3) is 0.333. The first-order valence-corrected chi connectivity index (χ1v) is 12.0. The lowest BCUT2D eigenvalue weighted by Gasteiger charge is -2.15. The average Bonchev–Trinajstić information content (AvgIpc) is 3.22. The Morgan fingerprint density at radius 1 is 1.00 bits per heavy atom. The summed E-state index contributed by atoms with van der Waals surface area (Å²) in [6.45, 7) is 1.10. The zero-order valence-corrected chi connectivity index (χ0v) is 17.6. The molecule has 0 spiro atoms. The molecular formula is C18H21ClN2O5S2. The van der Waals surface area contributed by atoms with Crippen LogP contribution in [0.5, 0.6) is 5.75 Å². The Hall–Kier alpha value is -1.65. The summed E-state index contributed by atoms with van der Waals surface area (Å²) in [6.07, 6.45) is 1.74. The molecule has 2 aromatic rings. The van der Waals surface area contributed by atoms with Gasteiger partial charge in [-0.3, -0.25) is 0 Å². The summed E-state index contributed by atoms with van der Waals surface area (Å²) in [6, 6.07) is 10.4. The molecule has 0 saturated carbocycles. The second kappa shape index (κ2) is 8.38. The maximum atomic E-state index is 12.5. The molecule has 0 unspecified atom stereocenters. The van der Waals surface area contributed by atoms with Crippen molar-refractivity contribution in [2.75, 3.05) is 20.2 Å². The summed E-state index contributed by atoms with van der Waals surface area (Å²) in [5.74, 6) is 0.385. The van der Waals surface area contributed by atoms with Crippen molar-refractivity contribution in [1.29, 1.82) is 0 Å². The molecule has 3 rings (SSSR count). The Morgan fingerprint density at radius 2 is 1.61 bits per heavy atom. The number of hydrogen-bond acceptors (Lipinski definition) is 5. The molecular weight excluding hydrogens is 424 g/mol. The van der Waals surface area contributed by atoms with Crippen molar-refractivity contribution in [3.63, 3.8) is 0 Å². The maximum Gasteiger partial charge on any atom is 0.243 e. The fourth-order valence-corrected chi connectivity index (χ4v) is 5.82. The molecule has 1 saturated heterocycles. The highest BCUT2D eigenvalue weighted by molar-refractivity contribution is 7.89. The van der Waals surface area contributed by atoms with Crippen molar-refractivity contribution in [3.05, 3.63) is 53.1 Å². The number of methoxy groups -OCH3 is 1. The van der Waals surface area contributed by atoms with Crippen LogP contribution in [0, 0.1) is 0 Å². The van der Waals surface area contributed by atoms with Crippen LogP contribution in [-0.4, -0.2) is 41.3 Å². The number of sulfonamides is 2. The number of nitrogens with one attached hydrogen (secondary N) is 1. The Balaban J connectivity index is 1.70. The van der Waals surface area contributed by atoms with Gasteiger partial charge in [0.2, 0.25) is 20.0 Å². The van der Waals surface area contributed by atoms with Crippen molar-refractivity contribution < 1.29 is 21.6 Å². The molecule has 0 aromatic heterocycles. The van der Waals surface area contributed by atoms with Crippen LogP contribution in [0.1, 0.15) is 18.4 Å². The molecule has 0 bridgehead atoms. The van der Waals surface area contributed by atoms with Crippen molar-refractivity contribution in [2.45, 2.75) is 29.2 Å². The Bertz CT molecular complexity index is 1050. The van der Waals surface area contributed by atoms with Gasteiger partial charge < -0.3 is 4.74 Å². The number of hydrogen-bond donors (Lipinski definition) is 1. The van der Waals surface area contributed by atoms with Crippen LogP contribution < -0.4 is 9.46 Å². The average molecular weight is 445 g/mol. The first-order valence-electron chi connectivity index (χ1n) is 8.66. The molecule has 2 aromatic carbocycles. The fourth-order valence-electron chi connectivity index (χ4n) is 2.93. The molecule has 152 valence electrons. The van der Waals surface area contributed by atoms with Gasteiger partial charge in [0.15, 0.2) is 0 Å². The predicted octanol–water partition coefficient (Wildman–Crippen LogP) is 2.61. The van der Waals surface area contributed by atoms with E-state index in [4.69, 9.17) is 16.3 Å². The van der Waals surface area contributed by atoms with Crippen LogP contribution in [0.3, 0.4) is 0 Å². The lowest BCUT2D eigenvalue weighted by molar-refractivity contribution is 0.414. The van der Waals surface area contributed by atoms with Gasteiger partial charge in [0.05, 0.1) is 21.9 Å². The smallest absolute Gasteiger partial charge is 0.243 e. The molecule has 0 atom stereocenters. The standard InChI is InChI=1S/C18H21ClN2O5S2/c1-26-18-9-8-16(12-17(18)19)27(22,23)20-13-14-4-6-15(7-5-14)28(24,25)21-10-2-3-11-21/h4-9,12,20H,2-3,10-11,13H2,1H3. The van der Waals surface area contributed by atoms with Gasteiger partial charge >= 0.3 is 0 Å². The van der Waals surface area contributed by atoms with Crippen molar-refractivity contribution in [2.24, 2.45) is 0 Å². The van der Waals surface area contributed by atoms with E-state index >= 15 is 0 Å². The molecule has 28 heavy (non-hydrogen) atoms. The topological polar surface area (TPSA) is 92.8 Å². The van der Waals surface area contributed by atoms with Crippen LogP contribution in [0.25, 0.3) is 0 Å². The van der Waals surface area contributed by atoms with Gasteiger partial charge in [0.1, 0.15) is 5.75 Å². The molecule has 1 heterocycles. The summed E-state index contributed by atoms with van der Waals surface area (Å²) in [5, 5.41) is 0.196. The molecule has 0 radical (unpaired) electrons. The molecule has 1 aliphatic rings. The highest BCUT2D eigenvalue weighted by Gasteiger charge is 2.27. The number of benzene rings is 2. The molecule has 0 amide bonds. The first kappa shape index (κ1) is 21.1. The maximum absolute atomic E-state index is 12.5. The van der Waals surface area contributed by atoms with Crippen LogP contribution >= 0.6 is 11.6 Å². The van der Waals surface area contributed by atoms with Crippen molar-refractivity contribution >= 4 is 31.6 Å². The second-order valence-electron chi connectivity index (χ2n) is 6.38. The number of rotatable bonds is 7. The van der Waals surface area contributed by atoms with Gasteiger partial charge in [-0.2, -0.15) is 4.31 Å². The van der Waals surface area contributed by atoms with Gasteiger partial charge in [-0.15, -0.1) is 0 Å². The van der Waals surface area contributed by atoms with Crippen LogP contribution in [0.15, 0.2) is 52.3 Å². The first-order chi connectivity index (χ1) is 13.2. The quantitative estimate of drug-likeness (QED) is 0.708. The van der Waals surface area contributed by atoms with E-state index in [1.165, 1.54) is 41.7 Å². The van der Waals surface area contributed by atoms with E-state index in [9.17, 15) is 16.8 Å². The Morgan fingerprint density at radius 3 is 2.18 bits per heavy atom. The molecule has 7 nitrogen and oxygen atoms in total. The number of halogens is 1. The van der Waals surface area contributed by atoms with Crippen LogP contribution in [0.2, 0.25) is 5.02 Å². The summed E-state index contributed by atoms with van der Waals surface area (Å²) in [5.41, 5.74) is 0.642. The van der Waals surface area contributed by atoms with E-state index in [2.05, 4.69) is 4.72 Å². The second-order valence-corrected chi connectivity index (χ2v) is 10.5. The molecule has 0 aliphatic carbocycles. The lowest BCUT2D eigenvalue weighted by atomic mass is 10.2. The highest BCUT2D eigenvalue weighted by Crippen LogP contribution is 2.27. The van der Waals surface area contributed by atoms with Gasteiger partial charge in [-0.05, 0) is 48.7 Å². The summed E-state index contributed by atoms with van der Waals surface area (Å²) >= 11 is 5.99. The Labute approximate surface area is 170 Å². The molecule has 1 aliphatic heterocycles. The number of nitrogens with zero attached hydrogens (tertiary/aromatic N) is 1. The van der Waals surface area contributed by atoms with E-state index < -0.39 is 20.0 Å². The third-order valence-electron chi connectivity index (χ3n) is 4.53. The summed E-state index contributed by atoms with van der Waals surface area (Å²) < 4.78 is 58.9. The molecule has 1 fully saturated rings. The molecule has 1 N–H and O–H groups in total. The van der Waals surface area contributed by atoms with E-state index in [1.54, 1.807) is 12.1 Å². The van der Waals surface area contributed by atoms with Gasteiger partial charge in [0.25, 0.3) is 0 Å². The van der Waals surface area contributed by atoms with E-state index in [0.717, 1.165) is 12.8 Å². The predicted molar refractivity (Wildman–Crippen MR) is 106 cm³/mol. The Kier molecular flexibility index (Phi) is 6.31. The lowest BCUT2D eigenvalue weighted by Crippen LogP contribution is -2.28. The van der Waals surface area contributed by atoms with Crippen molar-refractivity contribution in [1.82, 2.24) is 9.03 Å². The number of ether oxygens (including phenoxy) is 1. The summed E-state index contributed by atoms with van der Waals surface area (Å²) in [4.78, 5) is 0.231. The zero-order chi connectivity index (χ0) is 20.4. The van der Waals surface area contributed by atoms with Gasteiger partial charge in [0, 0.05) is 19.6 Å². The van der Waals surface area contributed by atoms with Crippen LogP contribution in [-0.2, 0) is 26.6 Å².